The Morgan fingerprint density at radius 3 is 0.953 bits per heavy atom. The lowest BCUT2D eigenvalue weighted by Gasteiger charge is -2.36. The normalized spacial score (nSPS) is 13.0. The third-order valence-electron chi connectivity index (χ3n) is 17.8. The summed E-state index contributed by atoms with van der Waals surface area (Å²) < 4.78 is 0. The molecule has 86 heavy (non-hydrogen) atoms. The van der Waals surface area contributed by atoms with Crippen LogP contribution in [0.15, 0.2) is 328 Å². The predicted molar refractivity (Wildman–Crippen MR) is 363 cm³/mol. The molecule has 0 aliphatic heterocycles. The molecule has 0 N–H and O–H groups in total. The predicted octanol–water partition coefficient (Wildman–Crippen LogP) is 23.3. The maximum atomic E-state index is 2.55. The summed E-state index contributed by atoms with van der Waals surface area (Å²) in [7, 11) is 0. The van der Waals surface area contributed by atoms with Crippen LogP contribution in [-0.4, -0.2) is 0 Å². The van der Waals surface area contributed by atoms with E-state index in [4.69, 9.17) is 0 Å². The van der Waals surface area contributed by atoms with Gasteiger partial charge in [0.25, 0.3) is 0 Å². The molecule has 2 aliphatic carbocycles. The summed E-state index contributed by atoms with van der Waals surface area (Å²) in [6.07, 6.45) is 6.27. The van der Waals surface area contributed by atoms with Crippen LogP contribution in [0.5, 0.6) is 0 Å². The highest BCUT2D eigenvalue weighted by Crippen LogP contribution is 2.57. The maximum Gasteiger partial charge on any atom is 0.0540 e. The van der Waals surface area contributed by atoms with Gasteiger partial charge >= 0.3 is 0 Å². The van der Waals surface area contributed by atoms with Gasteiger partial charge in [-0.05, 0) is 208 Å². The molecule has 1 fully saturated rings. The minimum Gasteiger partial charge on any atom is -0.311 e. The van der Waals surface area contributed by atoms with Crippen molar-refractivity contribution in [1.29, 1.82) is 0 Å². The van der Waals surface area contributed by atoms with Gasteiger partial charge in [0.1, 0.15) is 0 Å². The van der Waals surface area contributed by atoms with Gasteiger partial charge in [0.2, 0.25) is 0 Å². The molecule has 0 heterocycles. The number of rotatable bonds is 14. The van der Waals surface area contributed by atoms with E-state index in [1.54, 1.807) is 0 Å². The van der Waals surface area contributed by atoms with Gasteiger partial charge in [-0.25, -0.2) is 0 Å². The third-order valence-corrected chi connectivity index (χ3v) is 17.8. The molecule has 0 saturated heterocycles. The van der Waals surface area contributed by atoms with Crippen LogP contribution in [-0.2, 0) is 5.41 Å². The Morgan fingerprint density at radius 2 is 0.523 bits per heavy atom. The van der Waals surface area contributed by atoms with Gasteiger partial charge < -0.3 is 19.6 Å². The fraction of sp³-hybridized carbons (Fsp3) is 0.0732. The van der Waals surface area contributed by atoms with Gasteiger partial charge in [0, 0.05) is 73.4 Å². The Hall–Kier alpha value is -10.7. The first-order valence-corrected chi connectivity index (χ1v) is 30.3. The summed E-state index contributed by atoms with van der Waals surface area (Å²) in [4.78, 5) is 9.40. The van der Waals surface area contributed by atoms with Crippen molar-refractivity contribution in [2.75, 3.05) is 19.6 Å². The molecule has 0 amide bonds. The Kier molecular flexibility index (Phi) is 13.8. The van der Waals surface area contributed by atoms with Gasteiger partial charge in [0.05, 0.1) is 5.69 Å². The number of nitrogens with zero attached hydrogens (tertiary/aromatic N) is 4. The van der Waals surface area contributed by atoms with E-state index >= 15 is 0 Å². The second-order valence-electron chi connectivity index (χ2n) is 22.8. The second-order valence-corrected chi connectivity index (χ2v) is 22.8. The van der Waals surface area contributed by atoms with E-state index in [0.717, 1.165) is 79.4 Å². The molecule has 4 nitrogen and oxygen atoms in total. The number of hydrogen-bond donors (Lipinski definition) is 0. The lowest BCUT2D eigenvalue weighted by molar-refractivity contribution is 0.353. The topological polar surface area (TPSA) is 13.0 Å². The standard InChI is InChI=1S/C82H64N4/c1-7-23-63(24-8-1)83(64-25-9-2-10-26-64)69-46-48-71(49-47-69)85(67-31-15-5-16-32-67)68-42-37-60(38-43-68)61-39-44-72(45-40-61)86(73-52-50-70(51-53-73)84(65-27-11-3-12-28-65)66-29-13-4-14-30-66)81-56-55-74(75-33-17-18-35-78(75)81)62-41-54-77-76-34-19-20-36-79(76)82(80(77)59-62)57-21-6-22-58-82/h1-5,7-20,23-56,59H,6,21-22,57-58H2. The Morgan fingerprint density at radius 1 is 0.209 bits per heavy atom. The molecular formula is C82H64N4. The minimum absolute atomic E-state index is 0.0782. The largest absolute Gasteiger partial charge is 0.311 e. The first kappa shape index (κ1) is 52.1. The van der Waals surface area contributed by atoms with E-state index in [0.29, 0.717) is 0 Å². The Labute approximate surface area is 505 Å². The zero-order valence-corrected chi connectivity index (χ0v) is 48.0. The van der Waals surface area contributed by atoms with Crippen molar-refractivity contribution in [3.05, 3.63) is 339 Å². The quantitative estimate of drug-likeness (QED) is 0.108. The lowest BCUT2D eigenvalue weighted by atomic mass is 9.67. The number of fused-ring (bicyclic) bond motifs is 6. The molecule has 0 aromatic heterocycles. The van der Waals surface area contributed by atoms with E-state index in [2.05, 4.69) is 347 Å². The number of anilines is 12. The van der Waals surface area contributed by atoms with E-state index in [1.807, 2.05) is 0 Å². The third kappa shape index (κ3) is 9.65. The molecule has 13 aromatic carbocycles. The molecule has 412 valence electrons. The van der Waals surface area contributed by atoms with Crippen molar-refractivity contribution in [1.82, 2.24) is 0 Å². The fourth-order valence-electron chi connectivity index (χ4n) is 13.8. The van der Waals surface area contributed by atoms with Gasteiger partial charge in [-0.3, -0.25) is 0 Å². The van der Waals surface area contributed by atoms with Crippen LogP contribution >= 0.6 is 0 Å². The van der Waals surface area contributed by atoms with Gasteiger partial charge in [-0.15, -0.1) is 0 Å². The minimum atomic E-state index is 0.0782. The molecule has 0 unspecified atom stereocenters. The van der Waals surface area contributed by atoms with E-state index in [9.17, 15) is 0 Å². The molecule has 2 aliphatic rings. The monoisotopic (exact) mass is 1100 g/mol. The van der Waals surface area contributed by atoms with Crippen molar-refractivity contribution >= 4 is 79.0 Å². The molecule has 15 rings (SSSR count). The van der Waals surface area contributed by atoms with Crippen molar-refractivity contribution < 1.29 is 0 Å². The summed E-state index contributed by atoms with van der Waals surface area (Å²) in [5.74, 6) is 0. The van der Waals surface area contributed by atoms with Crippen molar-refractivity contribution in [2.45, 2.75) is 37.5 Å². The van der Waals surface area contributed by atoms with E-state index in [1.165, 1.54) is 76.3 Å². The highest BCUT2D eigenvalue weighted by atomic mass is 15.2. The molecule has 0 radical (unpaired) electrons. The van der Waals surface area contributed by atoms with Crippen LogP contribution in [0.4, 0.5) is 68.2 Å². The summed E-state index contributed by atoms with van der Waals surface area (Å²) in [6, 6.07) is 119. The SMILES string of the molecule is c1ccc(N(c2ccccc2)c2ccc(N(c3ccccc3)c3ccc(-c4ccc(N(c5ccc(N(c6ccccc6)c6ccccc6)cc5)c5ccc(-c6ccc7c(c6)C6(CCCCC6)c6ccccc6-7)c6ccccc56)cc4)cc3)cc2)cc1. The number of benzene rings is 13. The van der Waals surface area contributed by atoms with Crippen LogP contribution in [0.25, 0.3) is 44.2 Å². The Bertz CT molecular complexity index is 4370. The van der Waals surface area contributed by atoms with Crippen LogP contribution < -0.4 is 19.6 Å². The zero-order chi connectivity index (χ0) is 57.2. The van der Waals surface area contributed by atoms with Gasteiger partial charge in [-0.1, -0.05) is 201 Å². The van der Waals surface area contributed by atoms with Gasteiger partial charge in [-0.2, -0.15) is 0 Å². The second kappa shape index (κ2) is 22.8. The van der Waals surface area contributed by atoms with Crippen molar-refractivity contribution in [3.63, 3.8) is 0 Å². The lowest BCUT2D eigenvalue weighted by Crippen LogP contribution is -2.28. The first-order valence-electron chi connectivity index (χ1n) is 30.3. The van der Waals surface area contributed by atoms with E-state index in [-0.39, 0.29) is 5.41 Å². The Balaban J connectivity index is 0.791. The van der Waals surface area contributed by atoms with Crippen LogP contribution in [0.1, 0.15) is 43.2 Å². The first-order chi connectivity index (χ1) is 42.6. The zero-order valence-electron chi connectivity index (χ0n) is 48.0. The highest BCUT2D eigenvalue weighted by Gasteiger charge is 2.43. The summed E-state index contributed by atoms with van der Waals surface area (Å²) in [6.45, 7) is 0. The number of hydrogen-bond acceptors (Lipinski definition) is 4. The summed E-state index contributed by atoms with van der Waals surface area (Å²) in [5, 5.41) is 2.43. The van der Waals surface area contributed by atoms with Crippen LogP contribution in [0.3, 0.4) is 0 Å². The smallest absolute Gasteiger partial charge is 0.0540 e. The average molecular weight is 1110 g/mol. The van der Waals surface area contributed by atoms with E-state index < -0.39 is 0 Å². The summed E-state index contributed by atoms with van der Waals surface area (Å²) in [5.41, 5.74) is 23.9. The van der Waals surface area contributed by atoms with Crippen molar-refractivity contribution in [3.8, 4) is 33.4 Å². The number of para-hydroxylation sites is 5. The molecule has 0 atom stereocenters. The van der Waals surface area contributed by atoms with Crippen molar-refractivity contribution in [2.24, 2.45) is 0 Å². The molecule has 13 aromatic rings. The molecule has 1 spiro atoms. The summed E-state index contributed by atoms with van der Waals surface area (Å²) >= 11 is 0. The molecule has 1 saturated carbocycles. The fourth-order valence-corrected chi connectivity index (χ4v) is 13.8. The van der Waals surface area contributed by atoms with Crippen LogP contribution in [0.2, 0.25) is 0 Å². The molecule has 4 heteroatoms. The highest BCUT2D eigenvalue weighted by molar-refractivity contribution is 6.07. The molecular weight excluding hydrogens is 1040 g/mol. The molecule has 0 bridgehead atoms. The van der Waals surface area contributed by atoms with Crippen LogP contribution in [0, 0.1) is 0 Å². The average Bonchev–Trinajstić information content (AvgIpc) is 1.61. The maximum absolute atomic E-state index is 2.55. The van der Waals surface area contributed by atoms with Gasteiger partial charge in [0.15, 0.2) is 0 Å².